The average molecular weight is 282 g/mol. The van der Waals surface area contributed by atoms with Crippen LogP contribution in [0.1, 0.15) is 16.1 Å². The molecule has 0 saturated heterocycles. The van der Waals surface area contributed by atoms with Gasteiger partial charge in [-0.05, 0) is 19.1 Å². The fourth-order valence-electron chi connectivity index (χ4n) is 2.06. The van der Waals surface area contributed by atoms with Gasteiger partial charge in [0.1, 0.15) is 22.9 Å². The number of aldehydes is 1. The third kappa shape index (κ3) is 2.31. The van der Waals surface area contributed by atoms with E-state index < -0.39 is 5.82 Å². The maximum Gasteiger partial charge on any atom is 0.153 e. The molecule has 0 fully saturated rings. The number of rotatable bonds is 3. The third-order valence-electron chi connectivity index (χ3n) is 3.07. The summed E-state index contributed by atoms with van der Waals surface area (Å²) in [6.07, 6.45) is 5.25. The molecule has 6 heteroatoms. The zero-order valence-electron chi connectivity index (χ0n) is 11.2. The number of para-hydroxylation sites is 1. The van der Waals surface area contributed by atoms with Crippen LogP contribution in [-0.2, 0) is 0 Å². The number of hydrogen-bond donors (Lipinski definition) is 0. The molecule has 0 aliphatic carbocycles. The van der Waals surface area contributed by atoms with Crippen LogP contribution in [0.15, 0.2) is 42.9 Å². The minimum atomic E-state index is -0.417. The molecule has 3 aromatic rings. The van der Waals surface area contributed by atoms with Crippen molar-refractivity contribution in [3.63, 3.8) is 0 Å². The normalized spacial score (nSPS) is 10.6. The molecule has 1 aromatic carbocycles. The van der Waals surface area contributed by atoms with E-state index in [0.717, 1.165) is 0 Å². The molecule has 0 aliphatic rings. The lowest BCUT2D eigenvalue weighted by Crippen LogP contribution is -1.99. The predicted octanol–water partition coefficient (Wildman–Crippen LogP) is 2.59. The van der Waals surface area contributed by atoms with E-state index in [2.05, 4.69) is 15.1 Å². The van der Waals surface area contributed by atoms with Gasteiger partial charge < -0.3 is 0 Å². The Labute approximate surface area is 120 Å². The lowest BCUT2D eigenvalue weighted by Gasteiger charge is -2.02. The maximum atomic E-state index is 13.8. The van der Waals surface area contributed by atoms with Crippen LogP contribution in [0.5, 0.6) is 0 Å². The van der Waals surface area contributed by atoms with Crippen LogP contribution in [-0.4, -0.2) is 26.0 Å². The number of aromatic nitrogens is 4. The Kier molecular flexibility index (Phi) is 3.27. The standard InChI is InChI=1S/C15H11FN4O/c1-10-14(18-7-6-17-10)15-11(9-21)8-20(19-15)13-5-3-2-4-12(13)16/h2-9H,1H3. The molecule has 0 N–H and O–H groups in total. The first-order valence-corrected chi connectivity index (χ1v) is 6.28. The van der Waals surface area contributed by atoms with Gasteiger partial charge in [-0.1, -0.05) is 12.1 Å². The monoisotopic (exact) mass is 282 g/mol. The number of nitrogens with zero attached hydrogens (tertiary/aromatic N) is 4. The van der Waals surface area contributed by atoms with Crippen LogP contribution >= 0.6 is 0 Å². The lowest BCUT2D eigenvalue weighted by molar-refractivity contribution is 0.112. The van der Waals surface area contributed by atoms with E-state index in [1.54, 1.807) is 31.3 Å². The Morgan fingerprint density at radius 3 is 2.62 bits per heavy atom. The second-order valence-corrected chi connectivity index (χ2v) is 4.44. The zero-order chi connectivity index (χ0) is 14.8. The highest BCUT2D eigenvalue weighted by molar-refractivity contribution is 5.85. The van der Waals surface area contributed by atoms with E-state index in [1.165, 1.54) is 23.1 Å². The van der Waals surface area contributed by atoms with E-state index in [1.807, 2.05) is 0 Å². The van der Waals surface area contributed by atoms with Crippen molar-refractivity contribution in [2.45, 2.75) is 6.92 Å². The van der Waals surface area contributed by atoms with Crippen LogP contribution in [0.3, 0.4) is 0 Å². The summed E-state index contributed by atoms with van der Waals surface area (Å²) in [4.78, 5) is 19.6. The van der Waals surface area contributed by atoms with Crippen molar-refractivity contribution in [3.05, 3.63) is 59.9 Å². The predicted molar refractivity (Wildman–Crippen MR) is 74.7 cm³/mol. The lowest BCUT2D eigenvalue weighted by atomic mass is 10.2. The first kappa shape index (κ1) is 13.1. The highest BCUT2D eigenvalue weighted by Crippen LogP contribution is 2.23. The molecule has 0 saturated carbocycles. The van der Waals surface area contributed by atoms with Gasteiger partial charge in [0.05, 0.1) is 11.3 Å². The fourth-order valence-corrected chi connectivity index (χ4v) is 2.06. The Hall–Kier alpha value is -2.89. The van der Waals surface area contributed by atoms with Crippen molar-refractivity contribution in [1.82, 2.24) is 19.7 Å². The number of halogens is 1. The van der Waals surface area contributed by atoms with E-state index in [0.29, 0.717) is 28.9 Å². The molecule has 0 unspecified atom stereocenters. The molecular formula is C15H11FN4O. The molecule has 2 aromatic heterocycles. The third-order valence-corrected chi connectivity index (χ3v) is 3.07. The second kappa shape index (κ2) is 5.24. The van der Waals surface area contributed by atoms with Crippen LogP contribution in [0.2, 0.25) is 0 Å². The van der Waals surface area contributed by atoms with Crippen molar-refractivity contribution in [1.29, 1.82) is 0 Å². The van der Waals surface area contributed by atoms with Gasteiger partial charge in [-0.25, -0.2) is 9.07 Å². The summed E-state index contributed by atoms with van der Waals surface area (Å²) in [6, 6.07) is 6.22. The van der Waals surface area contributed by atoms with Crippen LogP contribution in [0.4, 0.5) is 4.39 Å². The van der Waals surface area contributed by atoms with E-state index in [4.69, 9.17) is 0 Å². The summed E-state index contributed by atoms with van der Waals surface area (Å²) >= 11 is 0. The van der Waals surface area contributed by atoms with Crippen LogP contribution in [0, 0.1) is 12.7 Å². The van der Waals surface area contributed by atoms with Crippen molar-refractivity contribution < 1.29 is 9.18 Å². The zero-order valence-corrected chi connectivity index (χ0v) is 11.2. The van der Waals surface area contributed by atoms with Gasteiger partial charge in [0.2, 0.25) is 0 Å². The molecule has 0 amide bonds. The Morgan fingerprint density at radius 2 is 1.90 bits per heavy atom. The smallest absolute Gasteiger partial charge is 0.153 e. The van der Waals surface area contributed by atoms with Gasteiger partial charge in [0, 0.05) is 18.6 Å². The number of benzene rings is 1. The van der Waals surface area contributed by atoms with Crippen molar-refractivity contribution in [3.8, 4) is 17.1 Å². The van der Waals surface area contributed by atoms with Crippen molar-refractivity contribution in [2.75, 3.05) is 0 Å². The highest BCUT2D eigenvalue weighted by Gasteiger charge is 2.16. The quantitative estimate of drug-likeness (QED) is 0.693. The minimum absolute atomic E-state index is 0.272. The molecule has 0 aliphatic heterocycles. The molecule has 0 spiro atoms. The van der Waals surface area contributed by atoms with Crippen molar-refractivity contribution in [2.24, 2.45) is 0 Å². The van der Waals surface area contributed by atoms with Crippen LogP contribution in [0.25, 0.3) is 17.1 Å². The molecule has 0 atom stereocenters. The van der Waals surface area contributed by atoms with Gasteiger partial charge >= 0.3 is 0 Å². The average Bonchev–Trinajstić information content (AvgIpc) is 2.92. The van der Waals surface area contributed by atoms with Gasteiger partial charge in [0.25, 0.3) is 0 Å². The number of carbonyl (C=O) groups is 1. The van der Waals surface area contributed by atoms with Gasteiger partial charge in [0.15, 0.2) is 6.29 Å². The molecule has 2 heterocycles. The molecule has 3 rings (SSSR count). The topological polar surface area (TPSA) is 60.7 Å². The second-order valence-electron chi connectivity index (χ2n) is 4.44. The van der Waals surface area contributed by atoms with Gasteiger partial charge in [-0.2, -0.15) is 5.10 Å². The largest absolute Gasteiger partial charge is 0.298 e. The number of carbonyl (C=O) groups excluding carboxylic acids is 1. The summed E-state index contributed by atoms with van der Waals surface area (Å²) in [5.41, 5.74) is 2.16. The summed E-state index contributed by atoms with van der Waals surface area (Å²) < 4.78 is 15.2. The molecule has 5 nitrogen and oxygen atoms in total. The van der Waals surface area contributed by atoms with E-state index >= 15 is 0 Å². The van der Waals surface area contributed by atoms with Crippen LogP contribution < -0.4 is 0 Å². The highest BCUT2D eigenvalue weighted by atomic mass is 19.1. The summed E-state index contributed by atoms with van der Waals surface area (Å²) in [5, 5.41) is 4.29. The molecule has 0 radical (unpaired) electrons. The molecule has 0 bridgehead atoms. The van der Waals surface area contributed by atoms with Crippen molar-refractivity contribution >= 4 is 6.29 Å². The SMILES string of the molecule is Cc1nccnc1-c1nn(-c2ccccc2F)cc1C=O. The summed E-state index contributed by atoms with van der Waals surface area (Å²) in [6.45, 7) is 1.78. The first-order valence-electron chi connectivity index (χ1n) is 6.28. The fraction of sp³-hybridized carbons (Fsp3) is 0.0667. The summed E-state index contributed by atoms with van der Waals surface area (Å²) in [7, 11) is 0. The first-order chi connectivity index (χ1) is 10.2. The molecule has 21 heavy (non-hydrogen) atoms. The minimum Gasteiger partial charge on any atom is -0.298 e. The molecular weight excluding hydrogens is 271 g/mol. The molecule has 104 valence electrons. The number of aryl methyl sites for hydroxylation is 1. The van der Waals surface area contributed by atoms with E-state index in [-0.39, 0.29) is 5.69 Å². The Balaban J connectivity index is 2.18. The maximum absolute atomic E-state index is 13.8. The summed E-state index contributed by atoms with van der Waals surface area (Å²) in [5.74, 6) is -0.417. The Morgan fingerprint density at radius 1 is 1.14 bits per heavy atom. The number of hydrogen-bond acceptors (Lipinski definition) is 4. The van der Waals surface area contributed by atoms with E-state index in [9.17, 15) is 9.18 Å². The van der Waals surface area contributed by atoms with Gasteiger partial charge in [-0.3, -0.25) is 14.8 Å². The Bertz CT molecular complexity index is 813. The van der Waals surface area contributed by atoms with Gasteiger partial charge in [-0.15, -0.1) is 0 Å².